The summed E-state index contributed by atoms with van der Waals surface area (Å²) in [5.74, 6) is -0.188. The molecule has 1 unspecified atom stereocenters. The third-order valence-corrected chi connectivity index (χ3v) is 5.53. The standard InChI is InChI=1S/C20H25N3O2S/c1-23(13-16-9-6-12-26-16)14-19(24)22-18-11-5-4-10-17(18)20(25)21-15-7-2-3-8-15/h4-6,9-12,15H,2-3,7-8,13-14H2,1H3,(H,21,25)(H,22,24)/p+1. The number of hydrogen-bond acceptors (Lipinski definition) is 3. The first-order valence-corrected chi connectivity index (χ1v) is 10.0. The number of quaternary nitrogens is 1. The second-order valence-electron chi connectivity index (χ2n) is 6.94. The van der Waals surface area contributed by atoms with E-state index in [0.29, 0.717) is 17.8 Å². The lowest BCUT2D eigenvalue weighted by molar-refractivity contribution is -0.884. The number of hydrogen-bond donors (Lipinski definition) is 3. The van der Waals surface area contributed by atoms with Crippen molar-refractivity contribution in [3.05, 3.63) is 52.2 Å². The number of benzene rings is 1. The van der Waals surface area contributed by atoms with E-state index in [1.54, 1.807) is 23.5 Å². The van der Waals surface area contributed by atoms with Gasteiger partial charge in [0.15, 0.2) is 6.54 Å². The van der Waals surface area contributed by atoms with Crippen molar-refractivity contribution in [3.8, 4) is 0 Å². The van der Waals surface area contributed by atoms with Gasteiger partial charge in [-0.05, 0) is 36.4 Å². The molecule has 0 bridgehead atoms. The molecule has 3 rings (SSSR count). The van der Waals surface area contributed by atoms with Crippen LogP contribution in [0.15, 0.2) is 41.8 Å². The molecular weight excluding hydrogens is 346 g/mol. The van der Waals surface area contributed by atoms with Gasteiger partial charge in [-0.2, -0.15) is 0 Å². The van der Waals surface area contributed by atoms with Gasteiger partial charge in [0.25, 0.3) is 11.8 Å². The van der Waals surface area contributed by atoms with Crippen LogP contribution >= 0.6 is 11.3 Å². The van der Waals surface area contributed by atoms with Crippen molar-refractivity contribution >= 4 is 28.8 Å². The monoisotopic (exact) mass is 372 g/mol. The third-order valence-electron chi connectivity index (χ3n) is 4.65. The molecular formula is C20H26N3O2S+. The fourth-order valence-electron chi connectivity index (χ4n) is 3.36. The maximum atomic E-state index is 12.6. The molecule has 6 heteroatoms. The molecule has 1 heterocycles. The lowest BCUT2D eigenvalue weighted by Crippen LogP contribution is -3.08. The lowest BCUT2D eigenvalue weighted by atomic mass is 10.1. The second-order valence-corrected chi connectivity index (χ2v) is 7.97. The Bertz CT molecular complexity index is 739. The van der Waals surface area contributed by atoms with E-state index in [2.05, 4.69) is 16.7 Å². The normalized spacial score (nSPS) is 15.6. The van der Waals surface area contributed by atoms with Crippen molar-refractivity contribution in [2.24, 2.45) is 0 Å². The molecule has 0 spiro atoms. The van der Waals surface area contributed by atoms with Crippen LogP contribution < -0.4 is 15.5 Å². The van der Waals surface area contributed by atoms with E-state index in [0.717, 1.165) is 24.3 Å². The molecule has 1 aromatic heterocycles. The molecule has 1 saturated carbocycles. The predicted octanol–water partition coefficient (Wildman–Crippen LogP) is 2.07. The van der Waals surface area contributed by atoms with E-state index >= 15 is 0 Å². The minimum absolute atomic E-state index is 0.0832. The molecule has 1 aliphatic carbocycles. The number of nitrogens with one attached hydrogen (secondary N) is 3. The molecule has 0 saturated heterocycles. The SMILES string of the molecule is C[NH+](CC(=O)Nc1ccccc1C(=O)NC1CCCC1)Cc1cccs1. The molecule has 5 nitrogen and oxygen atoms in total. The average molecular weight is 373 g/mol. The smallest absolute Gasteiger partial charge is 0.279 e. The first kappa shape index (κ1) is 18.6. The Morgan fingerprint density at radius 2 is 1.92 bits per heavy atom. The zero-order chi connectivity index (χ0) is 18.4. The van der Waals surface area contributed by atoms with Gasteiger partial charge in [-0.1, -0.05) is 31.0 Å². The number of amides is 2. The number of para-hydroxylation sites is 1. The summed E-state index contributed by atoms with van der Waals surface area (Å²) in [7, 11) is 2.00. The lowest BCUT2D eigenvalue weighted by Gasteiger charge is -2.16. The van der Waals surface area contributed by atoms with Crippen molar-refractivity contribution in [3.63, 3.8) is 0 Å². The number of likely N-dealkylation sites (N-methyl/N-ethyl adjacent to an activating group) is 1. The van der Waals surface area contributed by atoms with Gasteiger partial charge in [0, 0.05) is 6.04 Å². The van der Waals surface area contributed by atoms with Crippen LogP contribution in [-0.4, -0.2) is 31.4 Å². The Labute approximate surface area is 158 Å². The van der Waals surface area contributed by atoms with E-state index in [-0.39, 0.29) is 17.9 Å². The quantitative estimate of drug-likeness (QED) is 0.697. The molecule has 2 amide bonds. The van der Waals surface area contributed by atoms with Gasteiger partial charge in [0.1, 0.15) is 6.54 Å². The minimum Gasteiger partial charge on any atom is -0.349 e. The molecule has 26 heavy (non-hydrogen) atoms. The number of carbonyl (C=O) groups is 2. The van der Waals surface area contributed by atoms with Gasteiger partial charge in [-0.25, -0.2) is 0 Å². The Balaban J connectivity index is 1.58. The highest BCUT2D eigenvalue weighted by Gasteiger charge is 2.20. The molecule has 0 radical (unpaired) electrons. The van der Waals surface area contributed by atoms with E-state index in [9.17, 15) is 9.59 Å². The summed E-state index contributed by atoms with van der Waals surface area (Å²) in [6, 6.07) is 11.6. The summed E-state index contributed by atoms with van der Waals surface area (Å²) < 4.78 is 0. The molecule has 0 aliphatic heterocycles. The number of thiophene rings is 1. The van der Waals surface area contributed by atoms with E-state index in [1.807, 2.05) is 30.6 Å². The molecule has 1 aliphatic rings. The van der Waals surface area contributed by atoms with Crippen molar-refractivity contribution in [1.29, 1.82) is 0 Å². The van der Waals surface area contributed by atoms with Crippen LogP contribution in [0, 0.1) is 0 Å². The number of carbonyl (C=O) groups excluding carboxylic acids is 2. The predicted molar refractivity (Wildman–Crippen MR) is 105 cm³/mol. The van der Waals surface area contributed by atoms with Gasteiger partial charge in [0.2, 0.25) is 0 Å². The molecule has 2 aromatic rings. The third kappa shape index (κ3) is 5.16. The average Bonchev–Trinajstić information content (AvgIpc) is 3.29. The molecule has 1 aromatic carbocycles. The number of anilines is 1. The Hall–Kier alpha value is -2.18. The first-order chi connectivity index (χ1) is 12.6. The number of rotatable bonds is 7. The first-order valence-electron chi connectivity index (χ1n) is 9.15. The summed E-state index contributed by atoms with van der Waals surface area (Å²) in [4.78, 5) is 27.3. The summed E-state index contributed by atoms with van der Waals surface area (Å²) >= 11 is 1.70. The van der Waals surface area contributed by atoms with Gasteiger partial charge in [-0.3, -0.25) is 9.59 Å². The van der Waals surface area contributed by atoms with Crippen LogP contribution in [0.25, 0.3) is 0 Å². The zero-order valence-corrected chi connectivity index (χ0v) is 15.9. The van der Waals surface area contributed by atoms with Crippen LogP contribution in [0.1, 0.15) is 40.9 Å². The van der Waals surface area contributed by atoms with Crippen LogP contribution in [-0.2, 0) is 11.3 Å². The zero-order valence-electron chi connectivity index (χ0n) is 15.1. The highest BCUT2D eigenvalue weighted by atomic mass is 32.1. The van der Waals surface area contributed by atoms with Crippen molar-refractivity contribution in [2.75, 3.05) is 18.9 Å². The maximum absolute atomic E-state index is 12.6. The van der Waals surface area contributed by atoms with E-state index in [4.69, 9.17) is 0 Å². The fraction of sp³-hybridized carbons (Fsp3) is 0.400. The largest absolute Gasteiger partial charge is 0.349 e. The molecule has 1 fully saturated rings. The van der Waals surface area contributed by atoms with Gasteiger partial charge in [0.05, 0.1) is 23.2 Å². The summed E-state index contributed by atoms with van der Waals surface area (Å²) in [6.45, 7) is 1.17. The minimum atomic E-state index is -0.105. The molecule has 1 atom stereocenters. The Morgan fingerprint density at radius 1 is 1.15 bits per heavy atom. The van der Waals surface area contributed by atoms with Crippen LogP contribution in [0.3, 0.4) is 0 Å². The topological polar surface area (TPSA) is 62.6 Å². The summed E-state index contributed by atoms with van der Waals surface area (Å²) in [5, 5.41) is 8.04. The van der Waals surface area contributed by atoms with Crippen LogP contribution in [0.5, 0.6) is 0 Å². The fourth-order valence-corrected chi connectivity index (χ4v) is 4.18. The van der Waals surface area contributed by atoms with Gasteiger partial charge >= 0.3 is 0 Å². The van der Waals surface area contributed by atoms with Crippen molar-refractivity contribution in [2.45, 2.75) is 38.3 Å². The van der Waals surface area contributed by atoms with Gasteiger partial charge < -0.3 is 15.5 Å². The molecule has 138 valence electrons. The maximum Gasteiger partial charge on any atom is 0.279 e. The van der Waals surface area contributed by atoms with Crippen molar-refractivity contribution < 1.29 is 14.5 Å². The Morgan fingerprint density at radius 3 is 2.65 bits per heavy atom. The summed E-state index contributed by atoms with van der Waals surface area (Å²) in [6.07, 6.45) is 4.42. The van der Waals surface area contributed by atoms with E-state index in [1.165, 1.54) is 17.7 Å². The van der Waals surface area contributed by atoms with Crippen LogP contribution in [0.4, 0.5) is 5.69 Å². The summed E-state index contributed by atoms with van der Waals surface area (Å²) in [5.41, 5.74) is 1.11. The van der Waals surface area contributed by atoms with Gasteiger partial charge in [-0.15, -0.1) is 11.3 Å². The highest BCUT2D eigenvalue weighted by Crippen LogP contribution is 2.20. The van der Waals surface area contributed by atoms with E-state index < -0.39 is 0 Å². The van der Waals surface area contributed by atoms with Crippen molar-refractivity contribution in [1.82, 2.24) is 5.32 Å². The second kappa shape index (κ2) is 8.96. The Kier molecular flexibility index (Phi) is 6.41. The van der Waals surface area contributed by atoms with Crippen LogP contribution in [0.2, 0.25) is 0 Å². The highest BCUT2D eigenvalue weighted by molar-refractivity contribution is 7.09. The molecule has 3 N–H and O–H groups in total.